The Bertz CT molecular complexity index is 204. The number of hydrogen-bond donors (Lipinski definition) is 0. The maximum Gasteiger partial charge on any atom is 0.333 e. The molecule has 0 N–H and O–H groups in total. The SMILES string of the molecule is C=C(C)C(=O)OCC[CH]C[N+](C)(C)C. The molecule has 0 aliphatic carbocycles. The fourth-order valence-corrected chi connectivity index (χ4v) is 0.837. The number of esters is 1. The minimum atomic E-state index is -0.302. The minimum absolute atomic E-state index is 0.302. The zero-order valence-electron chi connectivity index (χ0n) is 9.67. The summed E-state index contributed by atoms with van der Waals surface area (Å²) >= 11 is 0. The summed E-state index contributed by atoms with van der Waals surface area (Å²) in [7, 11) is 6.36. The Balaban J connectivity index is 3.39. The number of carbonyl (C=O) groups excluding carboxylic acids is 1. The maximum atomic E-state index is 11.0. The van der Waals surface area contributed by atoms with Gasteiger partial charge >= 0.3 is 5.97 Å². The Kier molecular flexibility index (Phi) is 5.46. The van der Waals surface area contributed by atoms with E-state index in [0.717, 1.165) is 17.4 Å². The zero-order chi connectivity index (χ0) is 11.2. The van der Waals surface area contributed by atoms with E-state index in [0.29, 0.717) is 12.2 Å². The molecule has 0 aromatic rings. The van der Waals surface area contributed by atoms with Gasteiger partial charge in [0, 0.05) is 12.0 Å². The van der Waals surface area contributed by atoms with E-state index in [-0.39, 0.29) is 5.97 Å². The molecule has 0 aromatic carbocycles. The molecule has 3 heteroatoms. The normalized spacial score (nSPS) is 11.1. The van der Waals surface area contributed by atoms with Crippen LogP contribution in [0.2, 0.25) is 0 Å². The van der Waals surface area contributed by atoms with Gasteiger partial charge in [-0.2, -0.15) is 0 Å². The van der Waals surface area contributed by atoms with Crippen molar-refractivity contribution in [3.63, 3.8) is 0 Å². The summed E-state index contributed by atoms with van der Waals surface area (Å²) in [6.07, 6.45) is 2.93. The van der Waals surface area contributed by atoms with E-state index in [1.54, 1.807) is 6.92 Å². The standard InChI is InChI=1S/C11H21NO2/c1-10(2)11(13)14-9-7-6-8-12(3,4)5/h6H,1,7-9H2,2-5H3/q+1. The number of nitrogens with zero attached hydrogens (tertiary/aromatic N) is 1. The summed E-state index contributed by atoms with van der Waals surface area (Å²) in [5.41, 5.74) is 0.455. The summed E-state index contributed by atoms with van der Waals surface area (Å²) in [5.74, 6) is -0.302. The first-order valence-corrected chi connectivity index (χ1v) is 4.77. The number of ether oxygens (including phenoxy) is 1. The van der Waals surface area contributed by atoms with Crippen LogP contribution in [0.3, 0.4) is 0 Å². The van der Waals surface area contributed by atoms with E-state index >= 15 is 0 Å². The van der Waals surface area contributed by atoms with Gasteiger partial charge in [-0.05, 0) is 13.3 Å². The molecule has 1 radical (unpaired) electrons. The molecule has 0 amide bonds. The molecule has 0 aliphatic heterocycles. The molecular formula is C11H21NO2+. The van der Waals surface area contributed by atoms with E-state index in [1.165, 1.54) is 0 Å². The van der Waals surface area contributed by atoms with Crippen molar-refractivity contribution in [3.8, 4) is 0 Å². The van der Waals surface area contributed by atoms with Crippen molar-refractivity contribution in [3.05, 3.63) is 18.6 Å². The molecule has 14 heavy (non-hydrogen) atoms. The van der Waals surface area contributed by atoms with Gasteiger partial charge in [-0.3, -0.25) is 0 Å². The van der Waals surface area contributed by atoms with Gasteiger partial charge in [0.25, 0.3) is 0 Å². The predicted octanol–water partition coefficient (Wildman–Crippen LogP) is 1.41. The van der Waals surface area contributed by atoms with Crippen molar-refractivity contribution >= 4 is 5.97 Å². The number of hydrogen-bond acceptors (Lipinski definition) is 2. The highest BCUT2D eigenvalue weighted by Gasteiger charge is 2.07. The molecule has 0 bridgehead atoms. The quantitative estimate of drug-likeness (QED) is 0.280. The topological polar surface area (TPSA) is 26.3 Å². The summed E-state index contributed by atoms with van der Waals surface area (Å²) in [4.78, 5) is 11.0. The molecule has 0 unspecified atom stereocenters. The molecule has 0 rings (SSSR count). The van der Waals surface area contributed by atoms with Gasteiger partial charge in [-0.15, -0.1) is 0 Å². The fraction of sp³-hybridized carbons (Fsp3) is 0.636. The van der Waals surface area contributed by atoms with Crippen LogP contribution in [-0.2, 0) is 9.53 Å². The number of quaternary nitrogens is 1. The highest BCUT2D eigenvalue weighted by Crippen LogP contribution is 1.98. The Morgan fingerprint density at radius 1 is 1.43 bits per heavy atom. The molecule has 0 spiro atoms. The van der Waals surface area contributed by atoms with Crippen molar-refractivity contribution in [2.24, 2.45) is 0 Å². The maximum absolute atomic E-state index is 11.0. The second-order valence-electron chi connectivity index (χ2n) is 4.47. The largest absolute Gasteiger partial charge is 0.462 e. The zero-order valence-corrected chi connectivity index (χ0v) is 9.67. The van der Waals surface area contributed by atoms with Gasteiger partial charge < -0.3 is 9.22 Å². The van der Waals surface area contributed by atoms with Crippen molar-refractivity contribution in [2.75, 3.05) is 34.3 Å². The lowest BCUT2D eigenvalue weighted by Gasteiger charge is -2.23. The van der Waals surface area contributed by atoms with Crippen molar-refractivity contribution in [1.29, 1.82) is 0 Å². The first kappa shape index (κ1) is 13.2. The lowest BCUT2D eigenvalue weighted by atomic mass is 10.3. The molecule has 0 aromatic heterocycles. The minimum Gasteiger partial charge on any atom is -0.462 e. The molecule has 0 heterocycles. The van der Waals surface area contributed by atoms with Crippen LogP contribution in [0, 0.1) is 6.42 Å². The Morgan fingerprint density at radius 3 is 2.43 bits per heavy atom. The van der Waals surface area contributed by atoms with Crippen molar-refractivity contribution in [1.82, 2.24) is 0 Å². The van der Waals surface area contributed by atoms with E-state index in [2.05, 4.69) is 34.1 Å². The second-order valence-corrected chi connectivity index (χ2v) is 4.47. The molecule has 0 saturated heterocycles. The first-order chi connectivity index (χ1) is 6.33. The Hall–Kier alpha value is -0.830. The van der Waals surface area contributed by atoms with Crippen LogP contribution in [0.1, 0.15) is 13.3 Å². The van der Waals surface area contributed by atoms with Crippen LogP contribution in [-0.4, -0.2) is 44.7 Å². The third kappa shape index (κ3) is 7.80. The van der Waals surface area contributed by atoms with Crippen LogP contribution in [0.4, 0.5) is 0 Å². The van der Waals surface area contributed by atoms with Gasteiger partial charge in [0.2, 0.25) is 0 Å². The van der Waals surface area contributed by atoms with Gasteiger partial charge in [-0.1, -0.05) is 6.58 Å². The first-order valence-electron chi connectivity index (χ1n) is 4.77. The van der Waals surface area contributed by atoms with E-state index in [9.17, 15) is 4.79 Å². The number of carbonyl (C=O) groups is 1. The third-order valence-corrected chi connectivity index (χ3v) is 1.58. The van der Waals surface area contributed by atoms with Gasteiger partial charge in [0.05, 0.1) is 34.3 Å². The Morgan fingerprint density at radius 2 is 2.00 bits per heavy atom. The van der Waals surface area contributed by atoms with E-state index < -0.39 is 0 Å². The molecular weight excluding hydrogens is 178 g/mol. The lowest BCUT2D eigenvalue weighted by molar-refractivity contribution is -0.866. The highest BCUT2D eigenvalue weighted by atomic mass is 16.5. The van der Waals surface area contributed by atoms with Gasteiger partial charge in [-0.25, -0.2) is 4.79 Å². The average Bonchev–Trinajstić information content (AvgIpc) is 2.01. The summed E-state index contributed by atoms with van der Waals surface area (Å²) < 4.78 is 5.84. The van der Waals surface area contributed by atoms with Crippen molar-refractivity contribution in [2.45, 2.75) is 13.3 Å². The second kappa shape index (κ2) is 5.81. The summed E-state index contributed by atoms with van der Waals surface area (Å²) in [6.45, 7) is 6.58. The predicted molar refractivity (Wildman–Crippen MR) is 57.6 cm³/mol. The fourth-order valence-electron chi connectivity index (χ4n) is 0.837. The number of rotatable bonds is 6. The summed E-state index contributed by atoms with van der Waals surface area (Å²) in [6, 6.07) is 0. The number of unbranched alkanes of at least 4 members (excludes halogenated alkanes) is 1. The van der Waals surface area contributed by atoms with E-state index in [4.69, 9.17) is 4.74 Å². The summed E-state index contributed by atoms with van der Waals surface area (Å²) in [5, 5.41) is 0. The van der Waals surface area contributed by atoms with Crippen LogP contribution in [0.25, 0.3) is 0 Å². The monoisotopic (exact) mass is 199 g/mol. The van der Waals surface area contributed by atoms with Crippen LogP contribution < -0.4 is 0 Å². The van der Waals surface area contributed by atoms with Crippen LogP contribution in [0.5, 0.6) is 0 Å². The average molecular weight is 199 g/mol. The Labute approximate surface area is 86.9 Å². The molecule has 0 aliphatic rings. The molecule has 0 fully saturated rings. The van der Waals surface area contributed by atoms with Gasteiger partial charge in [0.1, 0.15) is 0 Å². The smallest absolute Gasteiger partial charge is 0.333 e. The molecule has 3 nitrogen and oxygen atoms in total. The van der Waals surface area contributed by atoms with Crippen LogP contribution in [0.15, 0.2) is 12.2 Å². The molecule has 81 valence electrons. The highest BCUT2D eigenvalue weighted by molar-refractivity contribution is 5.86. The lowest BCUT2D eigenvalue weighted by Crippen LogP contribution is -2.35. The van der Waals surface area contributed by atoms with Crippen LogP contribution >= 0.6 is 0 Å². The molecule has 0 atom stereocenters. The third-order valence-electron chi connectivity index (χ3n) is 1.58. The molecule has 0 saturated carbocycles. The van der Waals surface area contributed by atoms with E-state index in [1.807, 2.05) is 0 Å². The van der Waals surface area contributed by atoms with Crippen molar-refractivity contribution < 1.29 is 14.0 Å². The van der Waals surface area contributed by atoms with Gasteiger partial charge in [0.15, 0.2) is 0 Å².